The highest BCUT2D eigenvalue weighted by Gasteiger charge is 2.28. The van der Waals surface area contributed by atoms with Crippen molar-refractivity contribution in [3.8, 4) is 0 Å². The van der Waals surface area contributed by atoms with Gasteiger partial charge in [-0.25, -0.2) is 0 Å². The standard InChI is InChI=1S/C15H18BrNO2/c16-14-3-1-2-12-10-17(7-4-13(12)14)15(18)11-5-8-19-9-6-11/h1-3,11H,4-10H2. The van der Waals surface area contributed by atoms with Gasteiger partial charge in [0, 0.05) is 36.7 Å². The molecule has 1 amide bonds. The highest BCUT2D eigenvalue weighted by atomic mass is 79.9. The van der Waals surface area contributed by atoms with E-state index in [4.69, 9.17) is 4.74 Å². The summed E-state index contributed by atoms with van der Waals surface area (Å²) in [5, 5.41) is 0. The van der Waals surface area contributed by atoms with Gasteiger partial charge in [0.25, 0.3) is 0 Å². The zero-order valence-corrected chi connectivity index (χ0v) is 12.5. The fraction of sp³-hybridized carbons (Fsp3) is 0.533. The van der Waals surface area contributed by atoms with Gasteiger partial charge in [-0.2, -0.15) is 0 Å². The molecule has 2 heterocycles. The SMILES string of the molecule is O=C(C1CCOCC1)N1CCc2c(Br)cccc2C1. The van der Waals surface area contributed by atoms with E-state index in [9.17, 15) is 4.79 Å². The average Bonchev–Trinajstić information content (AvgIpc) is 2.47. The lowest BCUT2D eigenvalue weighted by molar-refractivity contribution is -0.139. The average molecular weight is 324 g/mol. The van der Waals surface area contributed by atoms with Crippen molar-refractivity contribution in [1.29, 1.82) is 0 Å². The van der Waals surface area contributed by atoms with E-state index in [-0.39, 0.29) is 5.92 Å². The minimum absolute atomic E-state index is 0.169. The lowest BCUT2D eigenvalue weighted by Gasteiger charge is -2.33. The summed E-state index contributed by atoms with van der Waals surface area (Å²) < 4.78 is 6.50. The first-order valence-corrected chi connectivity index (χ1v) is 7.68. The number of hydrogen-bond acceptors (Lipinski definition) is 2. The van der Waals surface area contributed by atoms with Crippen LogP contribution in [0.25, 0.3) is 0 Å². The topological polar surface area (TPSA) is 29.5 Å². The third-order valence-corrected chi connectivity index (χ3v) is 4.83. The van der Waals surface area contributed by atoms with Gasteiger partial charge in [0.1, 0.15) is 0 Å². The number of carbonyl (C=O) groups is 1. The minimum Gasteiger partial charge on any atom is -0.381 e. The zero-order chi connectivity index (χ0) is 13.2. The number of amides is 1. The monoisotopic (exact) mass is 323 g/mol. The lowest BCUT2D eigenvalue weighted by Crippen LogP contribution is -2.41. The van der Waals surface area contributed by atoms with Crippen LogP contribution >= 0.6 is 15.9 Å². The van der Waals surface area contributed by atoms with E-state index in [2.05, 4.69) is 28.1 Å². The lowest BCUT2D eigenvalue weighted by atomic mass is 9.95. The molecule has 2 aliphatic heterocycles. The van der Waals surface area contributed by atoms with E-state index < -0.39 is 0 Å². The third kappa shape index (κ3) is 2.70. The molecule has 0 bridgehead atoms. The van der Waals surface area contributed by atoms with Crippen molar-refractivity contribution in [3.05, 3.63) is 33.8 Å². The van der Waals surface area contributed by atoms with Crippen LogP contribution in [0, 0.1) is 5.92 Å². The van der Waals surface area contributed by atoms with Crippen LogP contribution in [0.1, 0.15) is 24.0 Å². The van der Waals surface area contributed by atoms with Gasteiger partial charge in [0.05, 0.1) is 0 Å². The molecule has 1 saturated heterocycles. The predicted molar refractivity (Wildman–Crippen MR) is 76.8 cm³/mol. The van der Waals surface area contributed by atoms with Crippen LogP contribution in [-0.2, 0) is 22.5 Å². The van der Waals surface area contributed by atoms with Crippen molar-refractivity contribution >= 4 is 21.8 Å². The van der Waals surface area contributed by atoms with E-state index in [1.807, 2.05) is 11.0 Å². The Bertz CT molecular complexity index is 483. The predicted octanol–water partition coefficient (Wildman–Crippen LogP) is 2.76. The third-order valence-electron chi connectivity index (χ3n) is 4.09. The van der Waals surface area contributed by atoms with E-state index in [0.717, 1.165) is 45.6 Å². The number of halogens is 1. The van der Waals surface area contributed by atoms with Crippen molar-refractivity contribution in [1.82, 2.24) is 4.90 Å². The maximum Gasteiger partial charge on any atom is 0.226 e. The Morgan fingerprint density at radius 2 is 2.11 bits per heavy atom. The van der Waals surface area contributed by atoms with E-state index >= 15 is 0 Å². The zero-order valence-electron chi connectivity index (χ0n) is 10.9. The van der Waals surface area contributed by atoms with Crippen LogP contribution in [0.2, 0.25) is 0 Å². The molecule has 3 rings (SSSR count). The van der Waals surface area contributed by atoms with Gasteiger partial charge < -0.3 is 9.64 Å². The highest BCUT2D eigenvalue weighted by Crippen LogP contribution is 2.28. The van der Waals surface area contributed by atoms with Gasteiger partial charge >= 0.3 is 0 Å². The molecule has 0 unspecified atom stereocenters. The Kier molecular flexibility index (Phi) is 3.89. The molecule has 102 valence electrons. The van der Waals surface area contributed by atoms with E-state index in [1.165, 1.54) is 15.6 Å². The maximum atomic E-state index is 12.5. The molecule has 3 nitrogen and oxygen atoms in total. The molecule has 1 fully saturated rings. The van der Waals surface area contributed by atoms with Crippen LogP contribution in [-0.4, -0.2) is 30.6 Å². The summed E-state index contributed by atoms with van der Waals surface area (Å²) >= 11 is 3.60. The first-order valence-electron chi connectivity index (χ1n) is 6.88. The fourth-order valence-electron chi connectivity index (χ4n) is 2.95. The quantitative estimate of drug-likeness (QED) is 0.795. The van der Waals surface area contributed by atoms with Gasteiger partial charge in [-0.1, -0.05) is 28.1 Å². The smallest absolute Gasteiger partial charge is 0.226 e. The summed E-state index contributed by atoms with van der Waals surface area (Å²) in [6.07, 6.45) is 2.70. The second-order valence-corrected chi connectivity index (χ2v) is 6.13. The molecular formula is C15H18BrNO2. The van der Waals surface area contributed by atoms with Crippen LogP contribution < -0.4 is 0 Å². The summed E-state index contributed by atoms with van der Waals surface area (Å²) in [6.45, 7) is 3.05. The number of nitrogens with zero attached hydrogens (tertiary/aromatic N) is 1. The van der Waals surface area contributed by atoms with Gasteiger partial charge in [-0.15, -0.1) is 0 Å². The molecule has 0 radical (unpaired) electrons. The maximum absolute atomic E-state index is 12.5. The summed E-state index contributed by atoms with van der Waals surface area (Å²) in [4.78, 5) is 14.5. The first kappa shape index (κ1) is 13.1. The van der Waals surface area contributed by atoms with Crippen molar-refractivity contribution < 1.29 is 9.53 Å². The molecule has 0 N–H and O–H groups in total. The minimum atomic E-state index is 0.169. The Morgan fingerprint density at radius 3 is 2.89 bits per heavy atom. The number of hydrogen-bond donors (Lipinski definition) is 0. The Labute approximate surface area is 122 Å². The van der Waals surface area contributed by atoms with Crippen molar-refractivity contribution in [3.63, 3.8) is 0 Å². The van der Waals surface area contributed by atoms with Crippen LogP contribution in [0.3, 0.4) is 0 Å². The van der Waals surface area contributed by atoms with Crippen LogP contribution in [0.5, 0.6) is 0 Å². The molecule has 2 aliphatic rings. The number of rotatable bonds is 1. The molecule has 0 spiro atoms. The Morgan fingerprint density at radius 1 is 1.32 bits per heavy atom. The molecule has 4 heteroatoms. The number of ether oxygens (including phenoxy) is 1. The molecule has 0 saturated carbocycles. The van der Waals surface area contributed by atoms with Gasteiger partial charge in [0.2, 0.25) is 5.91 Å². The highest BCUT2D eigenvalue weighted by molar-refractivity contribution is 9.10. The molecule has 0 aliphatic carbocycles. The van der Waals surface area contributed by atoms with E-state index in [0.29, 0.717) is 5.91 Å². The summed E-state index contributed by atoms with van der Waals surface area (Å²) in [6, 6.07) is 6.25. The molecule has 1 aromatic rings. The number of fused-ring (bicyclic) bond motifs is 1. The summed E-state index contributed by atoms with van der Waals surface area (Å²) in [5.74, 6) is 0.483. The molecular weight excluding hydrogens is 306 g/mol. The Hall–Kier alpha value is -0.870. The van der Waals surface area contributed by atoms with Crippen LogP contribution in [0.4, 0.5) is 0 Å². The van der Waals surface area contributed by atoms with Gasteiger partial charge in [-0.05, 0) is 36.5 Å². The molecule has 19 heavy (non-hydrogen) atoms. The normalized spacial score (nSPS) is 20.2. The summed E-state index contributed by atoms with van der Waals surface area (Å²) in [7, 11) is 0. The molecule has 1 aromatic carbocycles. The largest absolute Gasteiger partial charge is 0.381 e. The van der Waals surface area contributed by atoms with Crippen molar-refractivity contribution in [2.45, 2.75) is 25.8 Å². The van der Waals surface area contributed by atoms with Crippen molar-refractivity contribution in [2.75, 3.05) is 19.8 Å². The number of carbonyl (C=O) groups excluding carboxylic acids is 1. The number of benzene rings is 1. The van der Waals surface area contributed by atoms with E-state index in [1.54, 1.807) is 0 Å². The second kappa shape index (κ2) is 5.63. The molecule has 0 atom stereocenters. The van der Waals surface area contributed by atoms with Crippen LogP contribution in [0.15, 0.2) is 22.7 Å². The second-order valence-electron chi connectivity index (χ2n) is 5.27. The van der Waals surface area contributed by atoms with Crippen molar-refractivity contribution in [2.24, 2.45) is 5.92 Å². The first-order chi connectivity index (χ1) is 9.25. The van der Waals surface area contributed by atoms with Gasteiger partial charge in [-0.3, -0.25) is 4.79 Å². The van der Waals surface area contributed by atoms with Gasteiger partial charge in [0.15, 0.2) is 0 Å². The fourth-order valence-corrected chi connectivity index (χ4v) is 3.56. The molecule has 0 aromatic heterocycles. The summed E-state index contributed by atoms with van der Waals surface area (Å²) in [5.41, 5.74) is 2.64. The Balaban J connectivity index is 1.73.